The van der Waals surface area contributed by atoms with Crippen LogP contribution in [0.1, 0.15) is 0 Å². The minimum absolute atomic E-state index is 0.0569. The van der Waals surface area contributed by atoms with Crippen LogP contribution in [0.2, 0.25) is 0 Å². The number of benzene rings is 1. The highest BCUT2D eigenvalue weighted by molar-refractivity contribution is 7.98. The standard InChI is InChI=1S/C13H14N4O2S/c1-14-12-7-6-11(17(18)19)13(16-12)15-9-4-3-5-10(8-9)20-2/h3-8H,1-2H3,(H2,14,15,16). The monoisotopic (exact) mass is 290 g/mol. The number of anilines is 3. The molecule has 1 aromatic carbocycles. The molecule has 0 saturated heterocycles. The zero-order chi connectivity index (χ0) is 14.5. The summed E-state index contributed by atoms with van der Waals surface area (Å²) in [5.74, 6) is 0.791. The fourth-order valence-corrected chi connectivity index (χ4v) is 2.13. The van der Waals surface area contributed by atoms with E-state index in [1.54, 1.807) is 24.9 Å². The lowest BCUT2D eigenvalue weighted by atomic mass is 10.3. The van der Waals surface area contributed by atoms with Crippen molar-refractivity contribution >= 4 is 34.8 Å². The molecule has 2 N–H and O–H groups in total. The van der Waals surface area contributed by atoms with Gasteiger partial charge in [0, 0.05) is 23.7 Å². The molecule has 0 radical (unpaired) electrons. The minimum atomic E-state index is -0.451. The van der Waals surface area contributed by atoms with Crippen molar-refractivity contribution in [1.82, 2.24) is 4.98 Å². The van der Waals surface area contributed by atoms with E-state index in [-0.39, 0.29) is 11.5 Å². The van der Waals surface area contributed by atoms with Crippen molar-refractivity contribution in [2.75, 3.05) is 23.9 Å². The molecule has 104 valence electrons. The topological polar surface area (TPSA) is 80.1 Å². The van der Waals surface area contributed by atoms with Crippen LogP contribution >= 0.6 is 11.8 Å². The number of rotatable bonds is 5. The second-order valence-corrected chi connectivity index (χ2v) is 4.81. The van der Waals surface area contributed by atoms with E-state index < -0.39 is 4.92 Å². The Hall–Kier alpha value is -2.28. The molecular weight excluding hydrogens is 276 g/mol. The van der Waals surface area contributed by atoms with Gasteiger partial charge in [-0.05, 0) is 30.5 Å². The lowest BCUT2D eigenvalue weighted by Crippen LogP contribution is -2.02. The molecule has 0 bridgehead atoms. The van der Waals surface area contributed by atoms with E-state index in [9.17, 15) is 10.1 Å². The Bertz CT molecular complexity index is 634. The number of pyridine rings is 1. The van der Waals surface area contributed by atoms with E-state index in [1.165, 1.54) is 6.07 Å². The summed E-state index contributed by atoms with van der Waals surface area (Å²) in [6.07, 6.45) is 1.97. The molecular formula is C13H14N4O2S. The lowest BCUT2D eigenvalue weighted by molar-refractivity contribution is -0.384. The van der Waals surface area contributed by atoms with Gasteiger partial charge >= 0.3 is 5.69 Å². The molecule has 7 heteroatoms. The lowest BCUT2D eigenvalue weighted by Gasteiger charge is -2.09. The summed E-state index contributed by atoms with van der Waals surface area (Å²) in [7, 11) is 1.71. The largest absolute Gasteiger partial charge is 0.373 e. The van der Waals surface area contributed by atoms with Gasteiger partial charge in [-0.3, -0.25) is 10.1 Å². The summed E-state index contributed by atoms with van der Waals surface area (Å²) in [5, 5.41) is 16.9. The SMILES string of the molecule is CNc1ccc([N+](=O)[O-])c(Nc2cccc(SC)c2)n1. The molecule has 0 atom stereocenters. The van der Waals surface area contributed by atoms with Gasteiger partial charge in [0.25, 0.3) is 0 Å². The second kappa shape index (κ2) is 6.25. The van der Waals surface area contributed by atoms with Crippen molar-refractivity contribution < 1.29 is 4.92 Å². The highest BCUT2D eigenvalue weighted by atomic mass is 32.2. The smallest absolute Gasteiger partial charge is 0.311 e. The third kappa shape index (κ3) is 3.18. The summed E-state index contributed by atoms with van der Waals surface area (Å²) >= 11 is 1.61. The van der Waals surface area contributed by atoms with Crippen LogP contribution in [0.15, 0.2) is 41.3 Å². The number of nitrogens with one attached hydrogen (secondary N) is 2. The molecule has 20 heavy (non-hydrogen) atoms. The van der Waals surface area contributed by atoms with Crippen LogP contribution in [0.3, 0.4) is 0 Å². The van der Waals surface area contributed by atoms with Gasteiger partial charge in [0.2, 0.25) is 5.82 Å². The van der Waals surface area contributed by atoms with Crippen molar-refractivity contribution in [3.05, 3.63) is 46.5 Å². The summed E-state index contributed by atoms with van der Waals surface area (Å²) in [6, 6.07) is 10.6. The second-order valence-electron chi connectivity index (χ2n) is 3.93. The highest BCUT2D eigenvalue weighted by Crippen LogP contribution is 2.28. The van der Waals surface area contributed by atoms with Crippen LogP contribution in [0.25, 0.3) is 0 Å². The Balaban J connectivity index is 2.37. The highest BCUT2D eigenvalue weighted by Gasteiger charge is 2.16. The Kier molecular flexibility index (Phi) is 4.41. The molecule has 0 aliphatic rings. The van der Waals surface area contributed by atoms with Crippen LogP contribution in [0.5, 0.6) is 0 Å². The normalized spacial score (nSPS) is 10.1. The molecule has 0 aliphatic heterocycles. The maximum Gasteiger partial charge on any atom is 0.311 e. The molecule has 2 aromatic rings. The molecule has 0 aliphatic carbocycles. The van der Waals surface area contributed by atoms with Gasteiger partial charge in [0.05, 0.1) is 4.92 Å². The summed E-state index contributed by atoms with van der Waals surface area (Å²) in [4.78, 5) is 15.8. The molecule has 1 aromatic heterocycles. The van der Waals surface area contributed by atoms with Gasteiger partial charge in [-0.1, -0.05) is 6.07 Å². The first-order valence-electron chi connectivity index (χ1n) is 5.88. The Morgan fingerprint density at radius 1 is 1.30 bits per heavy atom. The average Bonchev–Trinajstić information content (AvgIpc) is 2.47. The number of nitro groups is 1. The number of hydrogen-bond acceptors (Lipinski definition) is 6. The van der Waals surface area contributed by atoms with Crippen LogP contribution in [-0.2, 0) is 0 Å². The fraction of sp³-hybridized carbons (Fsp3) is 0.154. The van der Waals surface area contributed by atoms with Gasteiger partial charge in [0.15, 0.2) is 0 Å². The van der Waals surface area contributed by atoms with Gasteiger partial charge in [-0.25, -0.2) is 4.98 Å². The summed E-state index contributed by atoms with van der Waals surface area (Å²) in [6.45, 7) is 0. The number of nitrogens with zero attached hydrogens (tertiary/aromatic N) is 2. The first-order chi connectivity index (χ1) is 9.63. The maximum absolute atomic E-state index is 11.0. The molecule has 0 fully saturated rings. The zero-order valence-electron chi connectivity index (χ0n) is 11.1. The molecule has 1 heterocycles. The Morgan fingerprint density at radius 2 is 2.10 bits per heavy atom. The molecule has 0 unspecified atom stereocenters. The third-order valence-electron chi connectivity index (χ3n) is 2.66. The van der Waals surface area contributed by atoms with E-state index in [1.807, 2.05) is 30.5 Å². The van der Waals surface area contributed by atoms with Gasteiger partial charge in [-0.15, -0.1) is 11.8 Å². The van der Waals surface area contributed by atoms with Gasteiger partial charge in [0.1, 0.15) is 5.82 Å². The predicted octanol–water partition coefficient (Wildman–Crippen LogP) is 3.50. The quantitative estimate of drug-likeness (QED) is 0.498. The van der Waals surface area contributed by atoms with E-state index in [0.29, 0.717) is 5.82 Å². The molecule has 0 spiro atoms. The van der Waals surface area contributed by atoms with Crippen LogP contribution < -0.4 is 10.6 Å². The summed E-state index contributed by atoms with van der Waals surface area (Å²) in [5.41, 5.74) is 0.708. The van der Waals surface area contributed by atoms with E-state index in [0.717, 1.165) is 10.6 Å². The van der Waals surface area contributed by atoms with Crippen molar-refractivity contribution in [3.63, 3.8) is 0 Å². The minimum Gasteiger partial charge on any atom is -0.373 e. The van der Waals surface area contributed by atoms with Gasteiger partial charge < -0.3 is 10.6 Å². The van der Waals surface area contributed by atoms with E-state index in [4.69, 9.17) is 0 Å². The molecule has 0 amide bonds. The van der Waals surface area contributed by atoms with E-state index in [2.05, 4.69) is 15.6 Å². The first-order valence-corrected chi connectivity index (χ1v) is 7.11. The number of hydrogen-bond donors (Lipinski definition) is 2. The molecule has 2 rings (SSSR count). The maximum atomic E-state index is 11.0. The molecule has 6 nitrogen and oxygen atoms in total. The molecule has 0 saturated carbocycles. The van der Waals surface area contributed by atoms with Gasteiger partial charge in [-0.2, -0.15) is 0 Å². The van der Waals surface area contributed by atoms with Crippen molar-refractivity contribution in [1.29, 1.82) is 0 Å². The summed E-state index contributed by atoms with van der Waals surface area (Å²) < 4.78 is 0. The third-order valence-corrected chi connectivity index (χ3v) is 3.38. The van der Waals surface area contributed by atoms with E-state index >= 15 is 0 Å². The van der Waals surface area contributed by atoms with Crippen molar-refractivity contribution in [2.24, 2.45) is 0 Å². The first kappa shape index (κ1) is 14.1. The predicted molar refractivity (Wildman–Crippen MR) is 81.9 cm³/mol. The van der Waals surface area contributed by atoms with Crippen LogP contribution in [0.4, 0.5) is 23.0 Å². The van der Waals surface area contributed by atoms with Crippen molar-refractivity contribution in [2.45, 2.75) is 4.90 Å². The van der Waals surface area contributed by atoms with Crippen LogP contribution in [0, 0.1) is 10.1 Å². The number of aromatic nitrogens is 1. The average molecular weight is 290 g/mol. The number of thioether (sulfide) groups is 1. The Labute approximate surface area is 120 Å². The zero-order valence-corrected chi connectivity index (χ0v) is 11.9. The van der Waals surface area contributed by atoms with Crippen LogP contribution in [-0.4, -0.2) is 23.2 Å². The Morgan fingerprint density at radius 3 is 2.75 bits per heavy atom. The van der Waals surface area contributed by atoms with Crippen molar-refractivity contribution in [3.8, 4) is 0 Å². The fourth-order valence-electron chi connectivity index (χ4n) is 1.67.